The molecule has 0 unspecified atom stereocenters. The third-order valence-electron chi connectivity index (χ3n) is 6.06. The molecular formula is C28H30BrN3O5S. The molecule has 0 radical (unpaired) electrons. The Hall–Kier alpha value is -3.24. The topological polar surface area (TPSA) is 89.5 Å². The van der Waals surface area contributed by atoms with E-state index < -0.39 is 12.0 Å². The summed E-state index contributed by atoms with van der Waals surface area (Å²) in [5, 5.41) is 5.64. The third-order valence-corrected chi connectivity index (χ3v) is 7.42. The number of aryl methyl sites for hydroxylation is 2. The average Bonchev–Trinajstić information content (AvgIpc) is 3.33. The highest BCUT2D eigenvalue weighted by Gasteiger charge is 2.38. The molecule has 0 saturated heterocycles. The summed E-state index contributed by atoms with van der Waals surface area (Å²) in [6, 6.07) is 9.09. The van der Waals surface area contributed by atoms with Crippen LogP contribution in [0.1, 0.15) is 43.5 Å². The monoisotopic (exact) mass is 599 g/mol. The zero-order chi connectivity index (χ0) is 27.4. The highest BCUT2D eigenvalue weighted by molar-refractivity contribution is 9.10. The van der Waals surface area contributed by atoms with Gasteiger partial charge in [-0.15, -0.1) is 0 Å². The minimum Gasteiger partial charge on any atom is -0.490 e. The lowest BCUT2D eigenvalue weighted by Crippen LogP contribution is -2.34. The normalized spacial score (nSPS) is 16.2. The molecule has 1 amide bonds. The summed E-state index contributed by atoms with van der Waals surface area (Å²) >= 11 is 5.10. The Kier molecular flexibility index (Phi) is 8.83. The maximum Gasteiger partial charge on any atom is 0.338 e. The summed E-state index contributed by atoms with van der Waals surface area (Å²) in [5.41, 5.74) is 4.58. The summed E-state index contributed by atoms with van der Waals surface area (Å²) in [4.78, 5) is 32.3. The Morgan fingerprint density at radius 3 is 2.53 bits per heavy atom. The van der Waals surface area contributed by atoms with Crippen LogP contribution in [0.3, 0.4) is 0 Å². The van der Waals surface area contributed by atoms with Gasteiger partial charge in [0.2, 0.25) is 0 Å². The number of allylic oxidation sites excluding steroid dienone is 1. The molecule has 10 heteroatoms. The molecule has 0 aliphatic carbocycles. The Labute approximate surface area is 235 Å². The van der Waals surface area contributed by atoms with Crippen molar-refractivity contribution in [2.45, 2.75) is 40.7 Å². The summed E-state index contributed by atoms with van der Waals surface area (Å²) in [6.07, 6.45) is 1.90. The highest BCUT2D eigenvalue weighted by atomic mass is 79.9. The minimum absolute atomic E-state index is 0.204. The van der Waals surface area contributed by atoms with Crippen LogP contribution in [-0.4, -0.2) is 41.8 Å². The SMILES string of the molecule is CCOC(=O)C1=C(C)N=C2SC=CN2[C@H]1c1cc(Br)c(OCC(=O)Nc2c(C)cccc2C)c(OCC)c1. The molecule has 2 aliphatic rings. The van der Waals surface area contributed by atoms with Crippen LogP contribution in [0.2, 0.25) is 0 Å². The van der Waals surface area contributed by atoms with Crippen LogP contribution >= 0.6 is 27.7 Å². The summed E-state index contributed by atoms with van der Waals surface area (Å²) < 4.78 is 17.9. The number of anilines is 1. The minimum atomic E-state index is -0.468. The molecule has 2 aromatic carbocycles. The maximum atomic E-state index is 13.0. The van der Waals surface area contributed by atoms with Gasteiger partial charge >= 0.3 is 5.97 Å². The van der Waals surface area contributed by atoms with E-state index in [1.807, 2.05) is 74.5 Å². The second kappa shape index (κ2) is 12.1. The van der Waals surface area contributed by atoms with Crippen LogP contribution in [0.4, 0.5) is 5.69 Å². The zero-order valence-electron chi connectivity index (χ0n) is 22.0. The second-order valence-electron chi connectivity index (χ2n) is 8.69. The predicted molar refractivity (Wildman–Crippen MR) is 153 cm³/mol. The number of rotatable bonds is 9. The Balaban J connectivity index is 1.64. The lowest BCUT2D eigenvalue weighted by molar-refractivity contribution is -0.139. The highest BCUT2D eigenvalue weighted by Crippen LogP contribution is 2.45. The van der Waals surface area contributed by atoms with Gasteiger partial charge in [-0.25, -0.2) is 9.79 Å². The van der Waals surface area contributed by atoms with E-state index in [0.29, 0.717) is 33.8 Å². The number of amidine groups is 1. The Bertz CT molecular complexity index is 1330. The number of benzene rings is 2. The molecule has 200 valence electrons. The number of carbonyl (C=O) groups is 2. The van der Waals surface area contributed by atoms with E-state index in [-0.39, 0.29) is 19.1 Å². The van der Waals surface area contributed by atoms with Gasteiger partial charge in [0.25, 0.3) is 5.91 Å². The van der Waals surface area contributed by atoms with Gasteiger partial charge in [0.15, 0.2) is 23.3 Å². The summed E-state index contributed by atoms with van der Waals surface area (Å²) in [7, 11) is 0. The van der Waals surface area contributed by atoms with Gasteiger partial charge in [-0.3, -0.25) is 4.79 Å². The van der Waals surface area contributed by atoms with Crippen LogP contribution in [0.15, 0.2) is 62.7 Å². The van der Waals surface area contributed by atoms with E-state index in [9.17, 15) is 9.59 Å². The Morgan fingerprint density at radius 1 is 1.11 bits per heavy atom. The quantitative estimate of drug-likeness (QED) is 0.341. The Morgan fingerprint density at radius 2 is 1.84 bits per heavy atom. The molecule has 4 rings (SSSR count). The number of carbonyl (C=O) groups excluding carboxylic acids is 2. The van der Waals surface area contributed by atoms with Crippen molar-refractivity contribution < 1.29 is 23.8 Å². The molecule has 1 N–H and O–H groups in total. The first-order valence-electron chi connectivity index (χ1n) is 12.3. The van der Waals surface area contributed by atoms with Crippen molar-refractivity contribution in [1.29, 1.82) is 0 Å². The number of ether oxygens (including phenoxy) is 3. The second-order valence-corrected chi connectivity index (χ2v) is 10.4. The van der Waals surface area contributed by atoms with Crippen molar-refractivity contribution in [3.05, 3.63) is 74.4 Å². The van der Waals surface area contributed by atoms with E-state index in [1.54, 1.807) is 6.92 Å². The molecule has 8 nitrogen and oxygen atoms in total. The lowest BCUT2D eigenvalue weighted by atomic mass is 9.94. The first kappa shape index (κ1) is 27.8. The van der Waals surface area contributed by atoms with E-state index in [1.165, 1.54) is 11.8 Å². The van der Waals surface area contributed by atoms with Gasteiger partial charge in [-0.2, -0.15) is 0 Å². The number of thioether (sulfide) groups is 1. The molecule has 1 atom stereocenters. The van der Waals surface area contributed by atoms with Crippen molar-refractivity contribution in [3.63, 3.8) is 0 Å². The van der Waals surface area contributed by atoms with Gasteiger partial charge in [-0.1, -0.05) is 30.0 Å². The van der Waals surface area contributed by atoms with Crippen molar-refractivity contribution in [3.8, 4) is 11.5 Å². The number of fused-ring (bicyclic) bond motifs is 1. The molecule has 2 aromatic rings. The summed E-state index contributed by atoms with van der Waals surface area (Å²) in [5.74, 6) is 0.163. The van der Waals surface area contributed by atoms with E-state index >= 15 is 0 Å². The fraction of sp³-hybridized carbons (Fsp3) is 0.321. The average molecular weight is 601 g/mol. The number of hydrogen-bond donors (Lipinski definition) is 1. The van der Waals surface area contributed by atoms with Gasteiger partial charge < -0.3 is 24.4 Å². The molecule has 0 spiro atoms. The van der Waals surface area contributed by atoms with Crippen LogP contribution in [0.25, 0.3) is 0 Å². The number of para-hydroxylation sites is 1. The molecule has 0 aromatic heterocycles. The maximum absolute atomic E-state index is 13.0. The van der Waals surface area contributed by atoms with Gasteiger partial charge in [0, 0.05) is 11.9 Å². The number of nitrogens with one attached hydrogen (secondary N) is 1. The summed E-state index contributed by atoms with van der Waals surface area (Å²) in [6.45, 7) is 9.80. The number of amides is 1. The molecule has 0 fully saturated rings. The number of nitrogens with zero attached hydrogens (tertiary/aromatic N) is 2. The van der Waals surface area contributed by atoms with Gasteiger partial charge in [0.1, 0.15) is 0 Å². The zero-order valence-corrected chi connectivity index (χ0v) is 24.4. The smallest absolute Gasteiger partial charge is 0.338 e. The fourth-order valence-corrected chi connectivity index (χ4v) is 5.74. The van der Waals surface area contributed by atoms with E-state index in [0.717, 1.165) is 27.5 Å². The first-order chi connectivity index (χ1) is 18.2. The van der Waals surface area contributed by atoms with Crippen LogP contribution in [-0.2, 0) is 14.3 Å². The van der Waals surface area contributed by atoms with Crippen LogP contribution in [0, 0.1) is 13.8 Å². The van der Waals surface area contributed by atoms with Crippen LogP contribution < -0.4 is 14.8 Å². The molecular weight excluding hydrogens is 570 g/mol. The fourth-order valence-electron chi connectivity index (χ4n) is 4.37. The predicted octanol–water partition coefficient (Wildman–Crippen LogP) is 6.25. The standard InChI is InChI=1S/C28H30BrN3O5S/c1-6-35-21-14-19(25-23(27(34)36-7-2)18(5)30-28-32(25)11-12-38-28)13-20(29)26(21)37-15-22(33)31-24-16(3)9-8-10-17(24)4/h8-14,25H,6-7,15H2,1-5H3,(H,31,33)/t25-/m0/s1. The molecule has 0 bridgehead atoms. The molecule has 0 saturated carbocycles. The first-order valence-corrected chi connectivity index (χ1v) is 14.0. The van der Waals surface area contributed by atoms with Crippen molar-refractivity contribution in [2.24, 2.45) is 4.99 Å². The van der Waals surface area contributed by atoms with Crippen molar-refractivity contribution in [2.75, 3.05) is 25.1 Å². The third kappa shape index (κ3) is 5.76. The largest absolute Gasteiger partial charge is 0.490 e. The molecule has 38 heavy (non-hydrogen) atoms. The number of aliphatic imine (C=N–C) groups is 1. The number of halogens is 1. The lowest BCUT2D eigenvalue weighted by Gasteiger charge is -2.33. The molecule has 2 aliphatic heterocycles. The van der Waals surface area contributed by atoms with Crippen molar-refractivity contribution in [1.82, 2.24) is 4.90 Å². The van der Waals surface area contributed by atoms with Crippen molar-refractivity contribution >= 4 is 50.4 Å². The van der Waals surface area contributed by atoms with E-state index in [2.05, 4.69) is 26.2 Å². The van der Waals surface area contributed by atoms with Gasteiger partial charge in [-0.05, 0) is 84.8 Å². The number of esters is 1. The van der Waals surface area contributed by atoms with Crippen LogP contribution in [0.5, 0.6) is 11.5 Å². The number of hydrogen-bond acceptors (Lipinski definition) is 8. The van der Waals surface area contributed by atoms with Gasteiger partial charge in [0.05, 0.1) is 35.0 Å². The van der Waals surface area contributed by atoms with E-state index in [4.69, 9.17) is 14.2 Å². The molecule has 2 heterocycles.